The number of nitrogens with zero attached hydrogens (tertiary/aromatic N) is 7. The lowest BCUT2D eigenvalue weighted by Gasteiger charge is -2.44. The van der Waals surface area contributed by atoms with Crippen molar-refractivity contribution in [1.82, 2.24) is 29.7 Å². The molecule has 2 aliphatic rings. The number of hydrogen-bond donors (Lipinski definition) is 0. The molecule has 0 unspecified atom stereocenters. The highest BCUT2D eigenvalue weighted by atomic mass is 32.1. The number of likely N-dealkylation sites (N-methyl/N-ethyl adjacent to an activating group) is 1. The van der Waals surface area contributed by atoms with Crippen molar-refractivity contribution in [1.29, 1.82) is 0 Å². The van der Waals surface area contributed by atoms with Gasteiger partial charge in [0.05, 0.1) is 10.7 Å². The van der Waals surface area contributed by atoms with E-state index < -0.39 is 0 Å². The average Bonchev–Trinajstić information content (AvgIpc) is 3.09. The van der Waals surface area contributed by atoms with Crippen molar-refractivity contribution in [3.8, 4) is 0 Å². The van der Waals surface area contributed by atoms with E-state index in [4.69, 9.17) is 4.98 Å². The van der Waals surface area contributed by atoms with Crippen molar-refractivity contribution in [2.75, 3.05) is 25.0 Å². The van der Waals surface area contributed by atoms with Crippen LogP contribution in [0, 0.1) is 0 Å². The van der Waals surface area contributed by atoms with E-state index >= 15 is 0 Å². The summed E-state index contributed by atoms with van der Waals surface area (Å²) < 4.78 is 1.72. The van der Waals surface area contributed by atoms with Crippen LogP contribution in [0.25, 0.3) is 5.65 Å². The van der Waals surface area contributed by atoms with Crippen molar-refractivity contribution in [3.63, 3.8) is 0 Å². The normalized spacial score (nSPS) is 18.5. The maximum atomic E-state index is 4.79. The third kappa shape index (κ3) is 2.55. The van der Waals surface area contributed by atoms with Gasteiger partial charge in [-0.1, -0.05) is 0 Å². The van der Waals surface area contributed by atoms with Crippen molar-refractivity contribution in [3.05, 3.63) is 34.5 Å². The number of aromatic nitrogens is 5. The molecule has 0 amide bonds. The van der Waals surface area contributed by atoms with Crippen LogP contribution in [0.15, 0.2) is 23.8 Å². The molecule has 3 aromatic rings. The minimum absolute atomic E-state index is 0.550. The molecule has 1 saturated carbocycles. The molecule has 8 heteroatoms. The van der Waals surface area contributed by atoms with Gasteiger partial charge in [0.1, 0.15) is 12.1 Å². The number of hydrogen-bond acceptors (Lipinski definition) is 7. The van der Waals surface area contributed by atoms with Gasteiger partial charge in [-0.3, -0.25) is 4.90 Å². The first-order valence-corrected chi connectivity index (χ1v) is 9.21. The summed E-state index contributed by atoms with van der Waals surface area (Å²) in [6, 6.07) is 4.53. The Labute approximate surface area is 143 Å². The van der Waals surface area contributed by atoms with E-state index in [1.807, 2.05) is 23.5 Å². The molecule has 0 atom stereocenters. The molecule has 24 heavy (non-hydrogen) atoms. The van der Waals surface area contributed by atoms with Crippen LogP contribution < -0.4 is 4.90 Å². The van der Waals surface area contributed by atoms with E-state index in [-0.39, 0.29) is 0 Å². The molecule has 4 heterocycles. The predicted octanol–water partition coefficient (Wildman–Crippen LogP) is 1.78. The zero-order valence-electron chi connectivity index (χ0n) is 13.5. The van der Waals surface area contributed by atoms with Gasteiger partial charge in [-0.05, 0) is 32.0 Å². The first-order chi connectivity index (χ1) is 11.8. The summed E-state index contributed by atoms with van der Waals surface area (Å²) in [5.41, 5.74) is 2.00. The summed E-state index contributed by atoms with van der Waals surface area (Å²) in [7, 11) is 2.19. The van der Waals surface area contributed by atoms with Crippen LogP contribution in [0.4, 0.5) is 5.82 Å². The van der Waals surface area contributed by atoms with Crippen LogP contribution in [-0.2, 0) is 6.54 Å². The second kappa shape index (κ2) is 5.49. The van der Waals surface area contributed by atoms with Gasteiger partial charge in [0.15, 0.2) is 5.65 Å². The molecule has 0 spiro atoms. The molecule has 0 radical (unpaired) electrons. The molecule has 3 aromatic heterocycles. The molecule has 0 N–H and O–H groups in total. The largest absolute Gasteiger partial charge is 0.352 e. The summed E-state index contributed by atoms with van der Waals surface area (Å²) in [6.07, 6.45) is 4.29. The zero-order valence-corrected chi connectivity index (χ0v) is 14.4. The monoisotopic (exact) mass is 341 g/mol. The Hall–Kier alpha value is -2.06. The number of rotatable bonds is 5. The summed E-state index contributed by atoms with van der Waals surface area (Å²) in [4.78, 5) is 9.48. The third-order valence-electron chi connectivity index (χ3n) is 4.86. The van der Waals surface area contributed by atoms with E-state index in [0.717, 1.165) is 37.0 Å². The lowest BCUT2D eigenvalue weighted by molar-refractivity contribution is 0.195. The van der Waals surface area contributed by atoms with Crippen LogP contribution in [0.3, 0.4) is 0 Å². The Kier molecular flexibility index (Phi) is 3.27. The fraction of sp³-hybridized carbons (Fsp3) is 0.500. The lowest BCUT2D eigenvalue weighted by Crippen LogP contribution is -2.58. The van der Waals surface area contributed by atoms with Gasteiger partial charge in [-0.25, -0.2) is 4.98 Å². The van der Waals surface area contributed by atoms with Crippen molar-refractivity contribution < 1.29 is 0 Å². The Balaban J connectivity index is 1.20. The second-order valence-corrected chi connectivity index (χ2v) is 7.64. The van der Waals surface area contributed by atoms with Gasteiger partial charge >= 0.3 is 0 Å². The second-order valence-electron chi connectivity index (χ2n) is 6.75. The molecule has 5 rings (SSSR count). The van der Waals surface area contributed by atoms with Crippen LogP contribution in [0.2, 0.25) is 0 Å². The first-order valence-electron chi connectivity index (χ1n) is 8.33. The zero-order chi connectivity index (χ0) is 16.1. The maximum Gasteiger partial charge on any atom is 0.177 e. The maximum absolute atomic E-state index is 4.79. The lowest BCUT2D eigenvalue weighted by atomic mass is 10.1. The predicted molar refractivity (Wildman–Crippen MR) is 92.3 cm³/mol. The quantitative estimate of drug-likeness (QED) is 0.705. The number of thiazole rings is 1. The van der Waals surface area contributed by atoms with E-state index in [9.17, 15) is 0 Å². The molecule has 124 valence electrons. The van der Waals surface area contributed by atoms with Crippen molar-refractivity contribution >= 4 is 22.8 Å². The summed E-state index contributed by atoms with van der Waals surface area (Å²) in [6.45, 7) is 2.92. The molecule has 0 bridgehead atoms. The standard InChI is InChI=1S/C16H19N7S/c1-21(6-12-9-24-16(18-12)11-2-3-11)13-7-22(8-13)15-5-4-14-19-17-10-23(14)20-15/h4-5,9-11,13H,2-3,6-8H2,1H3. The topological polar surface area (TPSA) is 62.5 Å². The molecule has 1 aliphatic carbocycles. The van der Waals surface area contributed by atoms with Gasteiger partial charge in [-0.15, -0.1) is 26.6 Å². The molecule has 0 aromatic carbocycles. The van der Waals surface area contributed by atoms with E-state index in [0.29, 0.717) is 6.04 Å². The van der Waals surface area contributed by atoms with E-state index in [2.05, 4.69) is 37.5 Å². The number of fused-ring (bicyclic) bond motifs is 1. The SMILES string of the molecule is CN(Cc1csc(C2CC2)n1)C1CN(c2ccc3nncn3n2)C1. The van der Waals surface area contributed by atoms with Crippen LogP contribution in [0.1, 0.15) is 29.5 Å². The average molecular weight is 341 g/mol. The van der Waals surface area contributed by atoms with Crippen LogP contribution in [0.5, 0.6) is 0 Å². The smallest absolute Gasteiger partial charge is 0.177 e. The van der Waals surface area contributed by atoms with E-state index in [1.54, 1.807) is 10.8 Å². The Morgan fingerprint density at radius 2 is 2.17 bits per heavy atom. The Morgan fingerprint density at radius 1 is 1.29 bits per heavy atom. The molecular formula is C16H19N7S. The van der Waals surface area contributed by atoms with Crippen LogP contribution >= 0.6 is 11.3 Å². The van der Waals surface area contributed by atoms with Crippen LogP contribution in [-0.4, -0.2) is 55.9 Å². The molecule has 2 fully saturated rings. The van der Waals surface area contributed by atoms with Gasteiger partial charge in [0.2, 0.25) is 0 Å². The van der Waals surface area contributed by atoms with Gasteiger partial charge in [-0.2, -0.15) is 4.52 Å². The summed E-state index contributed by atoms with van der Waals surface area (Å²) in [5.74, 6) is 1.74. The molecule has 7 nitrogen and oxygen atoms in total. The van der Waals surface area contributed by atoms with Gasteiger partial charge in [0.25, 0.3) is 0 Å². The minimum atomic E-state index is 0.550. The Morgan fingerprint density at radius 3 is 3.00 bits per heavy atom. The van der Waals surface area contributed by atoms with Gasteiger partial charge < -0.3 is 4.90 Å². The fourth-order valence-corrected chi connectivity index (χ4v) is 4.09. The van der Waals surface area contributed by atoms with E-state index in [1.165, 1.54) is 23.5 Å². The molecule has 1 aliphatic heterocycles. The summed E-state index contributed by atoms with van der Waals surface area (Å²) >= 11 is 1.83. The minimum Gasteiger partial charge on any atom is -0.352 e. The number of anilines is 1. The molecular weight excluding hydrogens is 322 g/mol. The highest BCUT2D eigenvalue weighted by molar-refractivity contribution is 7.09. The third-order valence-corrected chi connectivity index (χ3v) is 5.92. The highest BCUT2D eigenvalue weighted by Crippen LogP contribution is 2.41. The summed E-state index contributed by atoms with van der Waals surface area (Å²) in [5, 5.41) is 16.0. The highest BCUT2D eigenvalue weighted by Gasteiger charge is 2.32. The Bertz CT molecular complexity index is 862. The van der Waals surface area contributed by atoms with Crippen molar-refractivity contribution in [2.45, 2.75) is 31.3 Å². The van der Waals surface area contributed by atoms with Gasteiger partial charge in [0, 0.05) is 37.0 Å². The first kappa shape index (κ1) is 14.3. The van der Waals surface area contributed by atoms with Crippen molar-refractivity contribution in [2.24, 2.45) is 0 Å². The molecule has 1 saturated heterocycles. The fourth-order valence-electron chi connectivity index (χ4n) is 3.11.